The average Bonchev–Trinajstić information content (AvgIpc) is 2.44. The Labute approximate surface area is 142 Å². The number of esters is 1. The zero-order valence-corrected chi connectivity index (χ0v) is 13.6. The number of benzene rings is 2. The monoisotopic (exact) mass is 408 g/mol. The molecule has 9 heteroatoms. The lowest BCUT2D eigenvalue weighted by Crippen LogP contribution is -2.17. The maximum Gasteiger partial charge on any atom is 0.573 e. The second kappa shape index (κ2) is 7.08. The van der Waals surface area contributed by atoms with Gasteiger partial charge in [0.15, 0.2) is 0 Å². The van der Waals surface area contributed by atoms with Crippen LogP contribution in [0.4, 0.5) is 17.6 Å². The first-order valence-corrected chi connectivity index (χ1v) is 7.10. The number of hydrogen-bond donors (Lipinski definition) is 0. The summed E-state index contributed by atoms with van der Waals surface area (Å²) in [4.78, 5) is 11.7. The van der Waals surface area contributed by atoms with Crippen LogP contribution >= 0.6 is 15.9 Å². The fourth-order valence-electron chi connectivity index (χ4n) is 1.79. The van der Waals surface area contributed by atoms with E-state index in [-0.39, 0.29) is 16.0 Å². The number of ether oxygens (including phenoxy) is 3. The van der Waals surface area contributed by atoms with Crippen LogP contribution in [0.25, 0.3) is 0 Å². The third-order valence-electron chi connectivity index (χ3n) is 2.68. The van der Waals surface area contributed by atoms with E-state index in [1.165, 1.54) is 18.2 Å². The van der Waals surface area contributed by atoms with Crippen molar-refractivity contribution in [3.63, 3.8) is 0 Å². The summed E-state index contributed by atoms with van der Waals surface area (Å²) in [5.41, 5.74) is -0.483. The third-order valence-corrected chi connectivity index (χ3v) is 3.13. The quantitative estimate of drug-likeness (QED) is 0.523. The van der Waals surface area contributed by atoms with Crippen LogP contribution in [0.5, 0.6) is 17.2 Å². The summed E-state index contributed by atoms with van der Waals surface area (Å²) in [6, 6.07) is 6.91. The predicted octanol–water partition coefficient (Wildman–Crippen LogP) is 5.07. The lowest BCUT2D eigenvalue weighted by atomic mass is 10.2. The van der Waals surface area contributed by atoms with Crippen molar-refractivity contribution in [3.05, 3.63) is 52.3 Å². The highest BCUT2D eigenvalue weighted by Gasteiger charge is 2.31. The van der Waals surface area contributed by atoms with Crippen molar-refractivity contribution in [1.29, 1.82) is 0 Å². The zero-order valence-electron chi connectivity index (χ0n) is 12.0. The number of rotatable bonds is 4. The highest BCUT2D eigenvalue weighted by atomic mass is 79.9. The first-order valence-electron chi connectivity index (χ1n) is 6.30. The van der Waals surface area contributed by atoms with Gasteiger partial charge in [-0.2, -0.15) is 0 Å². The molecule has 0 N–H and O–H groups in total. The van der Waals surface area contributed by atoms with Crippen LogP contribution in [0, 0.1) is 5.82 Å². The van der Waals surface area contributed by atoms with E-state index in [2.05, 4.69) is 25.4 Å². The third kappa shape index (κ3) is 4.60. The molecule has 0 aromatic heterocycles. The Hall–Kier alpha value is -2.29. The molecule has 2 rings (SSSR count). The van der Waals surface area contributed by atoms with Crippen LogP contribution in [0.1, 0.15) is 10.4 Å². The average molecular weight is 409 g/mol. The summed E-state index contributed by atoms with van der Waals surface area (Å²) >= 11 is 3.04. The zero-order chi connectivity index (χ0) is 17.9. The minimum absolute atomic E-state index is 0.0839. The number of carbonyl (C=O) groups excluding carboxylic acids is 1. The summed E-state index contributed by atoms with van der Waals surface area (Å²) in [6.07, 6.45) is -4.86. The molecule has 0 saturated carbocycles. The van der Waals surface area contributed by atoms with Gasteiger partial charge in [-0.1, -0.05) is 22.0 Å². The number of methoxy groups -OCH3 is 1. The van der Waals surface area contributed by atoms with Gasteiger partial charge in [-0.15, -0.1) is 13.2 Å². The Morgan fingerprint density at radius 1 is 1.12 bits per heavy atom. The van der Waals surface area contributed by atoms with Crippen molar-refractivity contribution < 1.29 is 36.6 Å². The van der Waals surface area contributed by atoms with Gasteiger partial charge in [0.05, 0.1) is 7.11 Å². The predicted molar refractivity (Wildman–Crippen MR) is 78.6 cm³/mol. The van der Waals surface area contributed by atoms with Gasteiger partial charge in [0.1, 0.15) is 28.6 Å². The molecular weight excluding hydrogens is 400 g/mol. The summed E-state index contributed by atoms with van der Waals surface area (Å²) in [5, 5.41) is 0. The van der Waals surface area contributed by atoms with E-state index in [1.807, 2.05) is 0 Å². The molecule has 0 saturated heterocycles. The van der Waals surface area contributed by atoms with Crippen LogP contribution in [-0.4, -0.2) is 19.4 Å². The van der Waals surface area contributed by atoms with Crippen LogP contribution < -0.4 is 9.47 Å². The minimum Gasteiger partial charge on any atom is -0.465 e. The van der Waals surface area contributed by atoms with Crippen LogP contribution in [0.3, 0.4) is 0 Å². The van der Waals surface area contributed by atoms with Crippen molar-refractivity contribution in [2.24, 2.45) is 0 Å². The molecule has 0 atom stereocenters. The van der Waals surface area contributed by atoms with Gasteiger partial charge < -0.3 is 14.2 Å². The van der Waals surface area contributed by atoms with Crippen molar-refractivity contribution >= 4 is 21.9 Å². The second-order valence-corrected chi connectivity index (χ2v) is 5.29. The molecule has 0 aliphatic carbocycles. The Balaban J connectivity index is 2.38. The Morgan fingerprint density at radius 3 is 2.42 bits per heavy atom. The molecule has 2 aromatic rings. The van der Waals surface area contributed by atoms with E-state index in [0.29, 0.717) is 0 Å². The highest BCUT2D eigenvalue weighted by Crippen LogP contribution is 2.33. The van der Waals surface area contributed by atoms with E-state index in [1.54, 1.807) is 0 Å². The van der Waals surface area contributed by atoms with E-state index in [0.717, 1.165) is 25.3 Å². The van der Waals surface area contributed by atoms with E-state index >= 15 is 0 Å². The van der Waals surface area contributed by atoms with Crippen molar-refractivity contribution in [2.45, 2.75) is 6.36 Å². The number of halogens is 5. The van der Waals surface area contributed by atoms with Gasteiger partial charge in [0, 0.05) is 10.5 Å². The largest absolute Gasteiger partial charge is 0.573 e. The lowest BCUT2D eigenvalue weighted by Gasteiger charge is -2.13. The molecule has 0 aliphatic heterocycles. The molecule has 0 bridgehead atoms. The standard InChI is InChI=1S/C15H9BrF4O4/c1-22-14(21)13-11(17)5-8(16)6-12(13)23-9-3-2-4-10(7-9)24-15(18,19)20/h2-7H,1H3. The maximum absolute atomic E-state index is 14.0. The molecule has 0 heterocycles. The van der Waals surface area contributed by atoms with Gasteiger partial charge in [-0.05, 0) is 24.3 Å². The number of hydrogen-bond acceptors (Lipinski definition) is 4. The molecule has 0 spiro atoms. The second-order valence-electron chi connectivity index (χ2n) is 4.38. The molecule has 24 heavy (non-hydrogen) atoms. The molecule has 0 radical (unpaired) electrons. The molecule has 0 aliphatic rings. The smallest absolute Gasteiger partial charge is 0.465 e. The molecule has 4 nitrogen and oxygen atoms in total. The van der Waals surface area contributed by atoms with Gasteiger partial charge in [-0.3, -0.25) is 0 Å². The number of alkyl halides is 3. The van der Waals surface area contributed by atoms with Crippen molar-refractivity contribution in [2.75, 3.05) is 7.11 Å². The fourth-order valence-corrected chi connectivity index (χ4v) is 2.20. The molecular formula is C15H9BrF4O4. The summed E-state index contributed by atoms with van der Waals surface area (Å²) in [7, 11) is 1.06. The maximum atomic E-state index is 14.0. The molecule has 2 aromatic carbocycles. The van der Waals surface area contributed by atoms with Gasteiger partial charge >= 0.3 is 12.3 Å². The SMILES string of the molecule is COC(=O)c1c(F)cc(Br)cc1Oc1cccc(OC(F)(F)F)c1. The van der Waals surface area contributed by atoms with Crippen molar-refractivity contribution in [1.82, 2.24) is 0 Å². The Morgan fingerprint density at radius 2 is 1.79 bits per heavy atom. The first-order chi connectivity index (χ1) is 11.2. The minimum atomic E-state index is -4.86. The Kier molecular flexibility index (Phi) is 5.33. The van der Waals surface area contributed by atoms with Crippen LogP contribution in [0.15, 0.2) is 40.9 Å². The first kappa shape index (κ1) is 18.1. The summed E-state index contributed by atoms with van der Waals surface area (Å²) in [5.74, 6) is -2.72. The summed E-state index contributed by atoms with van der Waals surface area (Å²) in [6.45, 7) is 0. The van der Waals surface area contributed by atoms with Crippen LogP contribution in [0.2, 0.25) is 0 Å². The van der Waals surface area contributed by atoms with Crippen LogP contribution in [-0.2, 0) is 4.74 Å². The van der Waals surface area contributed by atoms with Gasteiger partial charge in [-0.25, -0.2) is 9.18 Å². The van der Waals surface area contributed by atoms with E-state index in [4.69, 9.17) is 4.74 Å². The lowest BCUT2D eigenvalue weighted by molar-refractivity contribution is -0.274. The molecule has 0 amide bonds. The Bertz CT molecular complexity index is 762. The van der Waals surface area contributed by atoms with E-state index < -0.39 is 29.5 Å². The fraction of sp³-hybridized carbons (Fsp3) is 0.133. The van der Waals surface area contributed by atoms with Gasteiger partial charge in [0.2, 0.25) is 0 Å². The molecule has 128 valence electrons. The summed E-state index contributed by atoms with van der Waals surface area (Å²) < 4.78 is 64.5. The van der Waals surface area contributed by atoms with E-state index in [9.17, 15) is 22.4 Å². The van der Waals surface area contributed by atoms with Crippen molar-refractivity contribution in [3.8, 4) is 17.2 Å². The normalized spacial score (nSPS) is 11.1. The number of carbonyl (C=O) groups is 1. The molecule has 0 fully saturated rings. The highest BCUT2D eigenvalue weighted by molar-refractivity contribution is 9.10. The van der Waals surface area contributed by atoms with Gasteiger partial charge in [0.25, 0.3) is 0 Å². The topological polar surface area (TPSA) is 44.8 Å². The molecule has 0 unspecified atom stereocenters.